The predicted molar refractivity (Wildman–Crippen MR) is 94.8 cm³/mol. The molecule has 1 heterocycles. The van der Waals surface area contributed by atoms with E-state index in [0.29, 0.717) is 0 Å². The molecule has 110 valence electrons. The zero-order chi connectivity index (χ0) is 13.4. The van der Waals surface area contributed by atoms with Crippen LogP contribution in [0.25, 0.3) is 0 Å². The van der Waals surface area contributed by atoms with Gasteiger partial charge in [0, 0.05) is 13.6 Å². The van der Waals surface area contributed by atoms with E-state index in [9.17, 15) is 0 Å². The predicted octanol–water partition coefficient (Wildman–Crippen LogP) is 3.19. The fraction of sp³-hybridized carbons (Fsp3) is 0.615. The van der Waals surface area contributed by atoms with Crippen molar-refractivity contribution in [2.75, 3.05) is 25.6 Å². The van der Waals surface area contributed by atoms with Gasteiger partial charge < -0.3 is 15.1 Å². The largest absolute Gasteiger partial charge is 0.464 e. The van der Waals surface area contributed by atoms with Crippen LogP contribution in [-0.4, -0.2) is 31.6 Å². The van der Waals surface area contributed by atoms with Crippen LogP contribution in [0.3, 0.4) is 0 Å². The summed E-state index contributed by atoms with van der Waals surface area (Å²) in [5.74, 6) is 3.84. The number of aliphatic imine (C=N–C) groups is 1. The van der Waals surface area contributed by atoms with Crippen LogP contribution in [0, 0.1) is 6.92 Å². The van der Waals surface area contributed by atoms with Gasteiger partial charge in [-0.25, -0.2) is 0 Å². The van der Waals surface area contributed by atoms with E-state index in [0.717, 1.165) is 36.2 Å². The van der Waals surface area contributed by atoms with Crippen molar-refractivity contribution in [3.8, 4) is 0 Å². The Balaban J connectivity index is 0.00000324. The van der Waals surface area contributed by atoms with Gasteiger partial charge in [-0.2, -0.15) is 11.8 Å². The summed E-state index contributed by atoms with van der Waals surface area (Å²) in [5, 5.41) is 6.61. The van der Waals surface area contributed by atoms with Gasteiger partial charge in [-0.15, -0.1) is 24.0 Å². The summed E-state index contributed by atoms with van der Waals surface area (Å²) in [6, 6.07) is 4.08. The number of aryl methyl sites for hydroxylation is 1. The lowest BCUT2D eigenvalue weighted by atomic mass is 10.2. The quantitative estimate of drug-likeness (QED) is 0.335. The molecule has 2 N–H and O–H groups in total. The Morgan fingerprint density at radius 1 is 1.47 bits per heavy atom. The number of rotatable bonds is 6. The number of hydrogen-bond acceptors (Lipinski definition) is 3. The summed E-state index contributed by atoms with van der Waals surface area (Å²) in [4.78, 5) is 4.20. The van der Waals surface area contributed by atoms with Gasteiger partial charge in [0.25, 0.3) is 0 Å². The molecule has 0 spiro atoms. The van der Waals surface area contributed by atoms with Crippen molar-refractivity contribution in [2.24, 2.45) is 4.99 Å². The molecule has 0 saturated carbocycles. The normalized spacial score (nSPS) is 12.7. The number of nitrogens with one attached hydrogen (secondary N) is 2. The molecule has 1 aromatic rings. The Hall–Kier alpha value is -0.370. The lowest BCUT2D eigenvalue weighted by molar-refractivity contribution is 0.441. The summed E-state index contributed by atoms with van der Waals surface area (Å²) >= 11 is 1.86. The average Bonchev–Trinajstić information content (AvgIpc) is 2.79. The van der Waals surface area contributed by atoms with Crippen LogP contribution in [0.4, 0.5) is 0 Å². The number of halogens is 1. The zero-order valence-corrected chi connectivity index (χ0v) is 15.2. The molecule has 19 heavy (non-hydrogen) atoms. The number of furan rings is 1. The minimum atomic E-state index is 0. The second kappa shape index (κ2) is 10.4. The molecule has 1 aromatic heterocycles. The molecule has 1 atom stereocenters. The van der Waals surface area contributed by atoms with E-state index in [1.54, 1.807) is 7.05 Å². The van der Waals surface area contributed by atoms with Crippen LogP contribution in [0.1, 0.15) is 30.9 Å². The molecule has 0 aliphatic heterocycles. The van der Waals surface area contributed by atoms with E-state index in [4.69, 9.17) is 4.42 Å². The first kappa shape index (κ1) is 18.6. The van der Waals surface area contributed by atoms with Crippen LogP contribution in [0.2, 0.25) is 0 Å². The molecule has 0 aromatic carbocycles. The molecule has 1 unspecified atom stereocenters. The van der Waals surface area contributed by atoms with E-state index >= 15 is 0 Å². The average molecular weight is 397 g/mol. The first-order valence-electron chi connectivity index (χ1n) is 6.19. The van der Waals surface area contributed by atoms with Crippen LogP contribution < -0.4 is 10.6 Å². The topological polar surface area (TPSA) is 49.6 Å². The van der Waals surface area contributed by atoms with Crippen LogP contribution in [0.5, 0.6) is 0 Å². The van der Waals surface area contributed by atoms with Crippen molar-refractivity contribution in [3.63, 3.8) is 0 Å². The van der Waals surface area contributed by atoms with E-state index in [-0.39, 0.29) is 30.0 Å². The van der Waals surface area contributed by atoms with E-state index in [1.165, 1.54) is 0 Å². The van der Waals surface area contributed by atoms with Crippen molar-refractivity contribution in [1.29, 1.82) is 0 Å². The highest BCUT2D eigenvalue weighted by atomic mass is 127. The maximum absolute atomic E-state index is 5.59. The molecule has 4 nitrogen and oxygen atoms in total. The van der Waals surface area contributed by atoms with Gasteiger partial charge in [0.1, 0.15) is 11.5 Å². The second-order valence-electron chi connectivity index (χ2n) is 4.16. The first-order chi connectivity index (χ1) is 8.67. The third kappa shape index (κ3) is 7.10. The van der Waals surface area contributed by atoms with Gasteiger partial charge in [-0.05, 0) is 44.4 Å². The van der Waals surface area contributed by atoms with Crippen molar-refractivity contribution < 1.29 is 4.42 Å². The molecule has 0 bridgehead atoms. The monoisotopic (exact) mass is 397 g/mol. The molecule has 0 saturated heterocycles. The highest BCUT2D eigenvalue weighted by Crippen LogP contribution is 2.15. The molecule has 0 fully saturated rings. The molecular weight excluding hydrogens is 373 g/mol. The molecular formula is C13H24IN3OS. The van der Waals surface area contributed by atoms with Crippen LogP contribution in [-0.2, 0) is 0 Å². The van der Waals surface area contributed by atoms with Gasteiger partial charge in [-0.3, -0.25) is 4.99 Å². The summed E-state index contributed by atoms with van der Waals surface area (Å²) in [7, 11) is 1.78. The molecule has 0 amide bonds. The first-order valence-corrected chi connectivity index (χ1v) is 7.59. The number of hydrogen-bond donors (Lipinski definition) is 2. The number of nitrogens with zero attached hydrogens (tertiary/aromatic N) is 1. The Morgan fingerprint density at radius 2 is 2.21 bits per heavy atom. The number of guanidine groups is 1. The van der Waals surface area contributed by atoms with Gasteiger partial charge in [0.2, 0.25) is 0 Å². The number of thioether (sulfide) groups is 1. The zero-order valence-electron chi connectivity index (χ0n) is 12.0. The standard InChI is InChI=1S/C13H23N3OS.HI/c1-10-6-7-12(17-10)11(2)16-13(14-3)15-8-5-9-18-4;/h6-7,11H,5,8-9H2,1-4H3,(H2,14,15,16);1H. The molecule has 6 heteroatoms. The minimum absolute atomic E-state index is 0. The highest BCUT2D eigenvalue weighted by Gasteiger charge is 2.10. The van der Waals surface area contributed by atoms with Crippen molar-refractivity contribution in [2.45, 2.75) is 26.3 Å². The maximum Gasteiger partial charge on any atom is 0.191 e. The molecule has 1 rings (SSSR count). The summed E-state index contributed by atoms with van der Waals surface area (Å²) < 4.78 is 5.59. The SMILES string of the molecule is CN=C(NCCCSC)NC(C)c1ccc(C)o1.I. The fourth-order valence-electron chi connectivity index (χ4n) is 1.58. The fourth-order valence-corrected chi connectivity index (χ4v) is 2.01. The maximum atomic E-state index is 5.59. The Morgan fingerprint density at radius 3 is 2.74 bits per heavy atom. The van der Waals surface area contributed by atoms with Crippen LogP contribution in [0.15, 0.2) is 21.5 Å². The van der Waals surface area contributed by atoms with Gasteiger partial charge in [0.05, 0.1) is 6.04 Å². The molecule has 0 aliphatic carbocycles. The van der Waals surface area contributed by atoms with Gasteiger partial charge in [0.15, 0.2) is 5.96 Å². The summed E-state index contributed by atoms with van der Waals surface area (Å²) in [5.41, 5.74) is 0. The molecule has 0 aliphatic rings. The lowest BCUT2D eigenvalue weighted by Crippen LogP contribution is -2.39. The third-order valence-electron chi connectivity index (χ3n) is 2.58. The lowest BCUT2D eigenvalue weighted by Gasteiger charge is -2.16. The van der Waals surface area contributed by atoms with Crippen molar-refractivity contribution >= 4 is 41.7 Å². The van der Waals surface area contributed by atoms with Gasteiger partial charge >= 0.3 is 0 Å². The highest BCUT2D eigenvalue weighted by molar-refractivity contribution is 14.0. The third-order valence-corrected chi connectivity index (χ3v) is 3.28. The van der Waals surface area contributed by atoms with Crippen LogP contribution >= 0.6 is 35.7 Å². The van der Waals surface area contributed by atoms with E-state index in [2.05, 4.69) is 28.8 Å². The van der Waals surface area contributed by atoms with Gasteiger partial charge in [-0.1, -0.05) is 0 Å². The van der Waals surface area contributed by atoms with E-state index in [1.807, 2.05) is 30.8 Å². The second-order valence-corrected chi connectivity index (χ2v) is 5.15. The molecule has 0 radical (unpaired) electrons. The van der Waals surface area contributed by atoms with E-state index < -0.39 is 0 Å². The van der Waals surface area contributed by atoms with Crippen molar-refractivity contribution in [1.82, 2.24) is 10.6 Å². The Bertz CT molecular complexity index is 382. The Kier molecular flexibility index (Phi) is 10.2. The van der Waals surface area contributed by atoms with Crippen molar-refractivity contribution in [3.05, 3.63) is 23.7 Å². The Labute approximate surface area is 137 Å². The summed E-state index contributed by atoms with van der Waals surface area (Å²) in [6.45, 7) is 4.95. The minimum Gasteiger partial charge on any atom is -0.464 e. The smallest absolute Gasteiger partial charge is 0.191 e. The summed E-state index contributed by atoms with van der Waals surface area (Å²) in [6.07, 6.45) is 3.25.